The third kappa shape index (κ3) is 5.03. The summed E-state index contributed by atoms with van der Waals surface area (Å²) < 4.78 is 0. The van der Waals surface area contributed by atoms with Crippen LogP contribution in [-0.4, -0.2) is 28.2 Å². The standard InChI is InChI=1S/C21H21N3O4/c25-20(12-11-17-7-1-2-9-19(17)24(27)28)22-18-8-5-6-16(14-18)15-23-13-4-3-10-21(23)26/h1-2,5-9,11-12,14H,3-4,10,13,15H2,(H,22,25)/b12-11+. The lowest BCUT2D eigenvalue weighted by Gasteiger charge is -2.26. The number of piperidine rings is 1. The van der Waals surface area contributed by atoms with E-state index in [1.807, 2.05) is 23.1 Å². The van der Waals surface area contributed by atoms with Crippen molar-refractivity contribution in [2.24, 2.45) is 0 Å². The molecule has 2 aromatic rings. The van der Waals surface area contributed by atoms with Crippen molar-refractivity contribution < 1.29 is 14.5 Å². The third-order valence-corrected chi connectivity index (χ3v) is 4.54. The molecule has 0 saturated carbocycles. The van der Waals surface area contributed by atoms with Gasteiger partial charge in [0.2, 0.25) is 11.8 Å². The first-order valence-corrected chi connectivity index (χ1v) is 9.12. The van der Waals surface area contributed by atoms with Gasteiger partial charge in [-0.1, -0.05) is 24.3 Å². The normalized spacial score (nSPS) is 14.3. The molecule has 3 rings (SSSR count). The molecule has 144 valence electrons. The molecular formula is C21H21N3O4. The van der Waals surface area contributed by atoms with Gasteiger partial charge in [0.1, 0.15) is 0 Å². The zero-order valence-electron chi connectivity index (χ0n) is 15.3. The molecule has 1 N–H and O–H groups in total. The first-order chi connectivity index (χ1) is 13.5. The number of benzene rings is 2. The molecular weight excluding hydrogens is 358 g/mol. The number of hydrogen-bond donors (Lipinski definition) is 1. The number of nitrogens with one attached hydrogen (secondary N) is 1. The van der Waals surface area contributed by atoms with Crippen LogP contribution in [-0.2, 0) is 16.1 Å². The number of nitro benzene ring substituents is 1. The lowest BCUT2D eigenvalue weighted by atomic mass is 10.1. The summed E-state index contributed by atoms with van der Waals surface area (Å²) in [4.78, 5) is 36.5. The Morgan fingerprint density at radius 2 is 2.00 bits per heavy atom. The van der Waals surface area contributed by atoms with E-state index in [0.29, 0.717) is 24.2 Å². The van der Waals surface area contributed by atoms with E-state index < -0.39 is 4.92 Å². The molecule has 2 amide bonds. The largest absolute Gasteiger partial charge is 0.338 e. The Labute approximate surface area is 162 Å². The monoisotopic (exact) mass is 379 g/mol. The lowest BCUT2D eigenvalue weighted by Crippen LogP contribution is -2.34. The third-order valence-electron chi connectivity index (χ3n) is 4.54. The quantitative estimate of drug-likeness (QED) is 0.470. The number of nitro groups is 1. The maximum atomic E-state index is 12.2. The van der Waals surface area contributed by atoms with Gasteiger partial charge in [-0.15, -0.1) is 0 Å². The first-order valence-electron chi connectivity index (χ1n) is 9.12. The van der Waals surface area contributed by atoms with Crippen molar-refractivity contribution in [1.29, 1.82) is 0 Å². The second-order valence-corrected chi connectivity index (χ2v) is 6.61. The van der Waals surface area contributed by atoms with E-state index in [0.717, 1.165) is 24.9 Å². The van der Waals surface area contributed by atoms with Gasteiger partial charge in [-0.3, -0.25) is 19.7 Å². The molecule has 28 heavy (non-hydrogen) atoms. The molecule has 0 aliphatic carbocycles. The maximum Gasteiger partial charge on any atom is 0.276 e. The molecule has 0 bridgehead atoms. The van der Waals surface area contributed by atoms with E-state index in [1.165, 1.54) is 18.2 Å². The van der Waals surface area contributed by atoms with Crippen LogP contribution in [0.5, 0.6) is 0 Å². The maximum absolute atomic E-state index is 12.2. The Morgan fingerprint density at radius 1 is 1.18 bits per heavy atom. The number of amides is 2. The van der Waals surface area contributed by atoms with Gasteiger partial charge < -0.3 is 10.2 Å². The number of rotatable bonds is 6. The van der Waals surface area contributed by atoms with Gasteiger partial charge in [0.15, 0.2) is 0 Å². The van der Waals surface area contributed by atoms with Crippen LogP contribution in [0.2, 0.25) is 0 Å². The Kier molecular flexibility index (Phi) is 6.16. The van der Waals surface area contributed by atoms with E-state index in [1.54, 1.807) is 24.3 Å². The average molecular weight is 379 g/mol. The predicted octanol–water partition coefficient (Wildman–Crippen LogP) is 3.76. The van der Waals surface area contributed by atoms with Crippen LogP contribution in [0.3, 0.4) is 0 Å². The second kappa shape index (κ2) is 8.94. The zero-order valence-corrected chi connectivity index (χ0v) is 15.3. The van der Waals surface area contributed by atoms with Crippen molar-refractivity contribution in [3.05, 3.63) is 75.8 Å². The molecule has 0 aromatic heterocycles. The van der Waals surface area contributed by atoms with Crippen LogP contribution in [0, 0.1) is 10.1 Å². The molecule has 1 heterocycles. The highest BCUT2D eigenvalue weighted by atomic mass is 16.6. The van der Waals surface area contributed by atoms with Crippen LogP contribution in [0.25, 0.3) is 6.08 Å². The topological polar surface area (TPSA) is 92.5 Å². The summed E-state index contributed by atoms with van der Waals surface area (Å²) in [6.45, 7) is 1.28. The van der Waals surface area contributed by atoms with Gasteiger partial charge in [-0.2, -0.15) is 0 Å². The van der Waals surface area contributed by atoms with Crippen molar-refractivity contribution >= 4 is 29.3 Å². The van der Waals surface area contributed by atoms with Gasteiger partial charge in [0.05, 0.1) is 10.5 Å². The smallest absolute Gasteiger partial charge is 0.276 e. The first kappa shape index (κ1) is 19.3. The van der Waals surface area contributed by atoms with Crippen molar-refractivity contribution in [3.8, 4) is 0 Å². The minimum atomic E-state index is -0.483. The summed E-state index contributed by atoms with van der Waals surface area (Å²) in [5, 5.41) is 13.8. The fourth-order valence-electron chi connectivity index (χ4n) is 3.14. The van der Waals surface area contributed by atoms with Gasteiger partial charge in [0, 0.05) is 37.3 Å². The SMILES string of the molecule is O=C(/C=C/c1ccccc1[N+](=O)[O-])Nc1cccc(CN2CCCCC2=O)c1. The summed E-state index contributed by atoms with van der Waals surface area (Å²) in [5.41, 5.74) is 1.86. The Balaban J connectivity index is 1.64. The van der Waals surface area contributed by atoms with Gasteiger partial charge >= 0.3 is 0 Å². The number of likely N-dealkylation sites (tertiary alicyclic amines) is 1. The van der Waals surface area contributed by atoms with Crippen molar-refractivity contribution in [1.82, 2.24) is 4.90 Å². The number of carbonyl (C=O) groups is 2. The highest BCUT2D eigenvalue weighted by Crippen LogP contribution is 2.20. The molecule has 2 aromatic carbocycles. The van der Waals surface area contributed by atoms with E-state index in [-0.39, 0.29) is 17.5 Å². The molecule has 1 saturated heterocycles. The summed E-state index contributed by atoms with van der Waals surface area (Å²) in [7, 11) is 0. The molecule has 1 fully saturated rings. The number of nitrogens with zero attached hydrogens (tertiary/aromatic N) is 2. The Bertz CT molecular complexity index is 923. The lowest BCUT2D eigenvalue weighted by molar-refractivity contribution is -0.385. The van der Waals surface area contributed by atoms with Crippen LogP contribution < -0.4 is 5.32 Å². The van der Waals surface area contributed by atoms with Crippen LogP contribution in [0.1, 0.15) is 30.4 Å². The van der Waals surface area contributed by atoms with Crippen molar-refractivity contribution in [2.45, 2.75) is 25.8 Å². The summed E-state index contributed by atoms with van der Waals surface area (Å²) in [6.07, 6.45) is 5.23. The summed E-state index contributed by atoms with van der Waals surface area (Å²) in [6, 6.07) is 13.6. The average Bonchev–Trinajstić information content (AvgIpc) is 2.68. The van der Waals surface area contributed by atoms with Gasteiger partial charge in [0.25, 0.3) is 5.69 Å². The Morgan fingerprint density at radius 3 is 2.79 bits per heavy atom. The van der Waals surface area contributed by atoms with E-state index in [4.69, 9.17) is 0 Å². The van der Waals surface area contributed by atoms with E-state index in [2.05, 4.69) is 5.32 Å². The molecule has 7 nitrogen and oxygen atoms in total. The Hall–Kier alpha value is -3.48. The number of carbonyl (C=O) groups excluding carboxylic acids is 2. The fraction of sp³-hybridized carbons (Fsp3) is 0.238. The van der Waals surface area contributed by atoms with Crippen molar-refractivity contribution in [2.75, 3.05) is 11.9 Å². The summed E-state index contributed by atoms with van der Waals surface area (Å²) in [5.74, 6) is -0.225. The predicted molar refractivity (Wildman–Crippen MR) is 106 cm³/mol. The second-order valence-electron chi connectivity index (χ2n) is 6.61. The molecule has 1 aliphatic heterocycles. The van der Waals surface area contributed by atoms with Crippen LogP contribution in [0.15, 0.2) is 54.6 Å². The minimum absolute atomic E-state index is 0.0558. The van der Waals surface area contributed by atoms with Gasteiger partial charge in [-0.25, -0.2) is 0 Å². The van der Waals surface area contributed by atoms with Gasteiger partial charge in [-0.05, 0) is 42.7 Å². The van der Waals surface area contributed by atoms with Crippen LogP contribution in [0.4, 0.5) is 11.4 Å². The van der Waals surface area contributed by atoms with E-state index in [9.17, 15) is 19.7 Å². The molecule has 0 radical (unpaired) electrons. The molecule has 1 aliphatic rings. The van der Waals surface area contributed by atoms with E-state index >= 15 is 0 Å². The molecule has 0 unspecified atom stereocenters. The minimum Gasteiger partial charge on any atom is -0.338 e. The van der Waals surface area contributed by atoms with Crippen LogP contribution >= 0.6 is 0 Å². The number of para-hydroxylation sites is 1. The van der Waals surface area contributed by atoms with Crippen molar-refractivity contribution in [3.63, 3.8) is 0 Å². The molecule has 0 spiro atoms. The number of hydrogen-bond acceptors (Lipinski definition) is 4. The number of anilines is 1. The zero-order chi connectivity index (χ0) is 19.9. The highest BCUT2D eigenvalue weighted by Gasteiger charge is 2.18. The summed E-state index contributed by atoms with van der Waals surface area (Å²) >= 11 is 0. The fourth-order valence-corrected chi connectivity index (χ4v) is 3.14. The molecule has 0 atom stereocenters. The molecule has 7 heteroatoms. The highest BCUT2D eigenvalue weighted by molar-refractivity contribution is 6.02.